The Balaban J connectivity index is 2.06. The second-order valence-corrected chi connectivity index (χ2v) is 5.47. The Labute approximate surface area is 127 Å². The van der Waals surface area contributed by atoms with Gasteiger partial charge in [-0.3, -0.25) is 0 Å². The zero-order chi connectivity index (χ0) is 15.4. The Morgan fingerprint density at radius 3 is 2.57 bits per heavy atom. The number of benzene rings is 1. The summed E-state index contributed by atoms with van der Waals surface area (Å²) in [5, 5.41) is 21.1. The van der Waals surface area contributed by atoms with E-state index in [1.807, 2.05) is 0 Å². The summed E-state index contributed by atoms with van der Waals surface area (Å²) in [6, 6.07) is 3.89. The summed E-state index contributed by atoms with van der Waals surface area (Å²) in [4.78, 5) is 24.9. The van der Waals surface area contributed by atoms with Crippen molar-refractivity contribution in [3.05, 3.63) is 28.8 Å². The van der Waals surface area contributed by atoms with Crippen molar-refractivity contribution in [2.75, 3.05) is 25.0 Å². The fourth-order valence-corrected chi connectivity index (χ4v) is 2.49. The molecule has 1 aromatic rings. The van der Waals surface area contributed by atoms with Gasteiger partial charge in [-0.25, -0.2) is 9.59 Å². The fraction of sp³-hybridized carbons (Fsp3) is 0.429. The number of aromatic carboxylic acids is 1. The number of amides is 2. The molecule has 1 fully saturated rings. The minimum absolute atomic E-state index is 0.00186. The normalized spacial score (nSPS) is 15.8. The molecule has 3 N–H and O–H groups in total. The van der Waals surface area contributed by atoms with Crippen LogP contribution in [-0.4, -0.2) is 46.8 Å². The predicted octanol–water partition coefficient (Wildman–Crippen LogP) is 2.27. The number of carbonyl (C=O) groups is 2. The summed E-state index contributed by atoms with van der Waals surface area (Å²) in [5.74, 6) is -0.893. The van der Waals surface area contributed by atoms with Crippen LogP contribution in [0.2, 0.25) is 5.02 Å². The van der Waals surface area contributed by atoms with Gasteiger partial charge in [0, 0.05) is 24.7 Å². The topological polar surface area (TPSA) is 89.9 Å². The first-order valence-corrected chi connectivity index (χ1v) is 7.08. The highest BCUT2D eigenvalue weighted by atomic mass is 35.5. The lowest BCUT2D eigenvalue weighted by Crippen LogP contribution is -2.41. The van der Waals surface area contributed by atoms with Crippen LogP contribution in [0.1, 0.15) is 23.2 Å². The molecule has 0 saturated carbocycles. The van der Waals surface area contributed by atoms with Crippen molar-refractivity contribution < 1.29 is 19.8 Å². The van der Waals surface area contributed by atoms with Crippen molar-refractivity contribution in [2.45, 2.75) is 12.8 Å². The lowest BCUT2D eigenvalue weighted by Gasteiger charge is -2.31. The Morgan fingerprint density at radius 2 is 2.00 bits per heavy atom. The van der Waals surface area contributed by atoms with Gasteiger partial charge in [0.2, 0.25) is 0 Å². The first-order chi connectivity index (χ1) is 10.0. The van der Waals surface area contributed by atoms with Gasteiger partial charge in [0.05, 0.1) is 11.3 Å². The van der Waals surface area contributed by atoms with Crippen LogP contribution in [0.3, 0.4) is 0 Å². The third-order valence-corrected chi connectivity index (χ3v) is 3.85. The van der Waals surface area contributed by atoms with E-state index < -0.39 is 5.97 Å². The van der Waals surface area contributed by atoms with Crippen molar-refractivity contribution in [1.82, 2.24) is 4.90 Å². The van der Waals surface area contributed by atoms with Gasteiger partial charge < -0.3 is 20.4 Å². The first-order valence-electron chi connectivity index (χ1n) is 6.71. The molecule has 0 aliphatic carbocycles. The maximum atomic E-state index is 12.2. The summed E-state index contributed by atoms with van der Waals surface area (Å²) in [6.45, 7) is 1.22. The molecule has 7 heteroatoms. The Bertz CT molecular complexity index is 542. The highest BCUT2D eigenvalue weighted by Gasteiger charge is 2.23. The van der Waals surface area contributed by atoms with Gasteiger partial charge in [0.15, 0.2) is 0 Å². The third kappa shape index (κ3) is 3.86. The number of urea groups is 1. The lowest BCUT2D eigenvalue weighted by atomic mass is 9.98. The molecule has 1 aliphatic rings. The van der Waals surface area contributed by atoms with Gasteiger partial charge in [0.25, 0.3) is 0 Å². The summed E-state index contributed by atoms with van der Waals surface area (Å²) >= 11 is 5.84. The van der Waals surface area contributed by atoms with Crippen molar-refractivity contribution in [2.24, 2.45) is 5.92 Å². The maximum Gasteiger partial charge on any atom is 0.337 e. The molecule has 1 aliphatic heterocycles. The van der Waals surface area contributed by atoms with Crippen LogP contribution >= 0.6 is 11.6 Å². The highest BCUT2D eigenvalue weighted by Crippen LogP contribution is 2.23. The molecule has 114 valence electrons. The number of piperidine rings is 1. The second kappa shape index (κ2) is 6.78. The summed E-state index contributed by atoms with van der Waals surface area (Å²) in [6.07, 6.45) is 1.48. The monoisotopic (exact) mass is 312 g/mol. The van der Waals surface area contributed by atoms with Gasteiger partial charge in [-0.15, -0.1) is 0 Å². The molecule has 1 aromatic carbocycles. The van der Waals surface area contributed by atoms with Crippen molar-refractivity contribution in [3.63, 3.8) is 0 Å². The quantitative estimate of drug-likeness (QED) is 0.798. The van der Waals surface area contributed by atoms with Gasteiger partial charge >= 0.3 is 12.0 Å². The van der Waals surface area contributed by atoms with Gasteiger partial charge in [-0.1, -0.05) is 11.6 Å². The third-order valence-electron chi connectivity index (χ3n) is 3.61. The summed E-state index contributed by atoms with van der Waals surface area (Å²) in [7, 11) is 0. The molecule has 2 rings (SSSR count). The van der Waals surface area contributed by atoms with Crippen LogP contribution in [0.4, 0.5) is 10.5 Å². The molecule has 2 amide bonds. The van der Waals surface area contributed by atoms with E-state index in [-0.39, 0.29) is 29.8 Å². The zero-order valence-electron chi connectivity index (χ0n) is 11.4. The van der Waals surface area contributed by atoms with E-state index in [1.165, 1.54) is 18.2 Å². The Kier molecular flexibility index (Phi) is 5.03. The number of aliphatic hydroxyl groups excluding tert-OH is 1. The largest absolute Gasteiger partial charge is 0.478 e. The molecular formula is C14H17ClN2O4. The number of aliphatic hydroxyl groups is 1. The standard InChI is InChI=1S/C14H17ClN2O4/c15-10-1-2-11(13(19)20)12(7-10)16-14(21)17-5-3-9(8-18)4-6-17/h1-2,7,9,18H,3-6,8H2,(H,16,21)(H,19,20). The molecular weight excluding hydrogens is 296 g/mol. The van der Waals surface area contributed by atoms with Crippen molar-refractivity contribution >= 4 is 29.3 Å². The number of carboxylic acids is 1. The molecule has 0 radical (unpaired) electrons. The van der Waals surface area contributed by atoms with Gasteiger partial charge in [0.1, 0.15) is 0 Å². The Hall–Kier alpha value is -1.79. The average molecular weight is 313 g/mol. The lowest BCUT2D eigenvalue weighted by molar-refractivity contribution is 0.0698. The number of nitrogens with one attached hydrogen (secondary N) is 1. The SMILES string of the molecule is O=C(O)c1ccc(Cl)cc1NC(=O)N1CCC(CO)CC1. The summed E-state index contributed by atoms with van der Waals surface area (Å²) in [5.41, 5.74) is 0.183. The first kappa shape index (κ1) is 15.6. The van der Waals surface area contributed by atoms with E-state index in [4.69, 9.17) is 21.8 Å². The number of rotatable bonds is 3. The van der Waals surface area contributed by atoms with Crippen LogP contribution in [0.25, 0.3) is 0 Å². The number of halogens is 1. The van der Waals surface area contributed by atoms with Crippen molar-refractivity contribution in [1.29, 1.82) is 0 Å². The average Bonchev–Trinajstić information content (AvgIpc) is 2.47. The van der Waals surface area contributed by atoms with Crippen LogP contribution < -0.4 is 5.32 Å². The minimum atomic E-state index is -1.12. The Morgan fingerprint density at radius 1 is 1.33 bits per heavy atom. The van der Waals surface area contributed by atoms with Crippen LogP contribution in [-0.2, 0) is 0 Å². The summed E-state index contributed by atoms with van der Waals surface area (Å²) < 4.78 is 0. The molecule has 0 unspecified atom stereocenters. The highest BCUT2D eigenvalue weighted by molar-refractivity contribution is 6.31. The number of hydrogen-bond donors (Lipinski definition) is 3. The van der Waals surface area contributed by atoms with E-state index >= 15 is 0 Å². The molecule has 0 aromatic heterocycles. The number of carboxylic acid groups (broad SMARTS) is 1. The van der Waals surface area contributed by atoms with E-state index in [9.17, 15) is 9.59 Å². The van der Waals surface area contributed by atoms with E-state index in [1.54, 1.807) is 4.90 Å². The molecule has 6 nitrogen and oxygen atoms in total. The van der Waals surface area contributed by atoms with Crippen LogP contribution in [0.15, 0.2) is 18.2 Å². The minimum Gasteiger partial charge on any atom is -0.478 e. The van der Waals surface area contributed by atoms with E-state index in [0.717, 1.165) is 12.8 Å². The molecule has 1 heterocycles. The molecule has 0 bridgehead atoms. The molecule has 1 saturated heterocycles. The predicted molar refractivity (Wildman–Crippen MR) is 78.8 cm³/mol. The van der Waals surface area contributed by atoms with E-state index in [2.05, 4.69) is 5.32 Å². The smallest absolute Gasteiger partial charge is 0.337 e. The maximum absolute atomic E-state index is 12.2. The number of carbonyl (C=O) groups excluding carboxylic acids is 1. The van der Waals surface area contributed by atoms with Gasteiger partial charge in [-0.05, 0) is 37.0 Å². The van der Waals surface area contributed by atoms with E-state index in [0.29, 0.717) is 18.1 Å². The fourth-order valence-electron chi connectivity index (χ4n) is 2.32. The molecule has 21 heavy (non-hydrogen) atoms. The van der Waals surface area contributed by atoms with Crippen LogP contribution in [0, 0.1) is 5.92 Å². The van der Waals surface area contributed by atoms with Crippen molar-refractivity contribution in [3.8, 4) is 0 Å². The second-order valence-electron chi connectivity index (χ2n) is 5.04. The number of hydrogen-bond acceptors (Lipinski definition) is 3. The molecule has 0 spiro atoms. The van der Waals surface area contributed by atoms with Crippen LogP contribution in [0.5, 0.6) is 0 Å². The number of nitrogens with zero attached hydrogens (tertiary/aromatic N) is 1. The zero-order valence-corrected chi connectivity index (χ0v) is 12.1. The molecule has 0 atom stereocenters. The number of anilines is 1. The van der Waals surface area contributed by atoms with Gasteiger partial charge in [-0.2, -0.15) is 0 Å². The number of likely N-dealkylation sites (tertiary alicyclic amines) is 1.